The number of hydrogen-bond acceptors (Lipinski definition) is 4. The quantitative estimate of drug-likeness (QED) is 0.770. The van der Waals surface area contributed by atoms with Crippen LogP contribution in [0, 0.1) is 13.8 Å². The topological polar surface area (TPSA) is 52.6 Å². The molecule has 98 valence electrons. The number of esters is 2. The van der Waals surface area contributed by atoms with Gasteiger partial charge in [-0.15, -0.1) is 0 Å². The van der Waals surface area contributed by atoms with Crippen molar-refractivity contribution in [1.82, 2.24) is 0 Å². The highest BCUT2D eigenvalue weighted by molar-refractivity contribution is 5.92. The van der Waals surface area contributed by atoms with Crippen LogP contribution in [-0.2, 0) is 14.3 Å². The lowest BCUT2D eigenvalue weighted by molar-refractivity contribution is -0.150. The van der Waals surface area contributed by atoms with E-state index in [-0.39, 0.29) is 12.7 Å². The molecule has 0 saturated heterocycles. The fourth-order valence-electron chi connectivity index (χ4n) is 1.45. The molecule has 0 amide bonds. The molecule has 0 atom stereocenters. The van der Waals surface area contributed by atoms with Crippen LogP contribution in [0.3, 0.4) is 0 Å². The molecule has 18 heavy (non-hydrogen) atoms. The molecule has 4 nitrogen and oxygen atoms in total. The second-order valence-electron chi connectivity index (χ2n) is 4.43. The first-order chi connectivity index (χ1) is 8.40. The predicted molar refractivity (Wildman–Crippen MR) is 67.4 cm³/mol. The lowest BCUT2D eigenvalue weighted by Crippen LogP contribution is -2.20. The summed E-state index contributed by atoms with van der Waals surface area (Å²) in [5.41, 5.74) is 2.27. The molecule has 0 aliphatic rings. The summed E-state index contributed by atoms with van der Waals surface area (Å²) in [7, 11) is 0. The van der Waals surface area contributed by atoms with Gasteiger partial charge in [-0.2, -0.15) is 0 Å². The van der Waals surface area contributed by atoms with E-state index in [1.165, 1.54) is 0 Å². The molecule has 0 heterocycles. The minimum atomic E-state index is -0.538. The van der Waals surface area contributed by atoms with Gasteiger partial charge in [0.2, 0.25) is 0 Å². The van der Waals surface area contributed by atoms with Crippen LogP contribution < -0.4 is 0 Å². The van der Waals surface area contributed by atoms with E-state index in [1.807, 2.05) is 26.0 Å². The number of rotatable bonds is 4. The Kier molecular flexibility index (Phi) is 4.89. The van der Waals surface area contributed by atoms with Crippen molar-refractivity contribution in [3.05, 3.63) is 34.9 Å². The molecule has 0 bridgehead atoms. The lowest BCUT2D eigenvalue weighted by atomic mass is 10.1. The largest absolute Gasteiger partial charge is 0.460 e. The molecule has 0 radical (unpaired) electrons. The second kappa shape index (κ2) is 6.19. The van der Waals surface area contributed by atoms with Crippen molar-refractivity contribution in [1.29, 1.82) is 0 Å². The first-order valence-electron chi connectivity index (χ1n) is 5.84. The molecule has 0 aliphatic heterocycles. The molecular formula is C14H18O4. The van der Waals surface area contributed by atoms with Gasteiger partial charge in [0.1, 0.15) is 0 Å². The lowest BCUT2D eigenvalue weighted by Gasteiger charge is -2.09. The summed E-state index contributed by atoms with van der Waals surface area (Å²) < 4.78 is 9.79. The summed E-state index contributed by atoms with van der Waals surface area (Å²) in [5, 5.41) is 0. The fraction of sp³-hybridized carbons (Fsp3) is 0.429. The van der Waals surface area contributed by atoms with Crippen molar-refractivity contribution in [2.45, 2.75) is 33.8 Å². The van der Waals surface area contributed by atoms with Crippen LogP contribution in [0.5, 0.6) is 0 Å². The number of carbonyl (C=O) groups is 2. The van der Waals surface area contributed by atoms with Crippen molar-refractivity contribution >= 4 is 11.9 Å². The molecule has 0 aromatic heterocycles. The molecule has 0 unspecified atom stereocenters. The monoisotopic (exact) mass is 250 g/mol. The zero-order valence-corrected chi connectivity index (χ0v) is 11.1. The SMILES string of the molecule is Cc1ccc(C)c(C(=O)OCC(=O)OC(C)C)c1. The van der Waals surface area contributed by atoms with E-state index in [4.69, 9.17) is 9.47 Å². The van der Waals surface area contributed by atoms with Gasteiger partial charge in [-0.1, -0.05) is 17.7 Å². The molecule has 1 aromatic rings. The van der Waals surface area contributed by atoms with Crippen molar-refractivity contribution in [3.63, 3.8) is 0 Å². The Hall–Kier alpha value is -1.84. The first-order valence-corrected chi connectivity index (χ1v) is 5.84. The minimum absolute atomic E-state index is 0.211. The van der Waals surface area contributed by atoms with Gasteiger partial charge in [0.25, 0.3) is 0 Å². The summed E-state index contributed by atoms with van der Waals surface area (Å²) in [6.45, 7) is 6.84. The van der Waals surface area contributed by atoms with Crippen LogP contribution in [0.15, 0.2) is 18.2 Å². The van der Waals surface area contributed by atoms with E-state index in [0.29, 0.717) is 5.56 Å². The van der Waals surface area contributed by atoms with Crippen molar-refractivity contribution < 1.29 is 19.1 Å². The number of carbonyl (C=O) groups excluding carboxylic acids is 2. The maximum atomic E-state index is 11.8. The number of aryl methyl sites for hydroxylation is 2. The zero-order valence-electron chi connectivity index (χ0n) is 11.1. The number of ether oxygens (including phenoxy) is 2. The van der Waals surface area contributed by atoms with E-state index in [0.717, 1.165) is 11.1 Å². The van der Waals surface area contributed by atoms with Crippen LogP contribution in [0.25, 0.3) is 0 Å². The summed E-state index contributed by atoms with van der Waals surface area (Å²) in [6.07, 6.45) is -0.211. The molecule has 0 saturated carbocycles. The molecular weight excluding hydrogens is 232 g/mol. The highest BCUT2D eigenvalue weighted by Gasteiger charge is 2.14. The van der Waals surface area contributed by atoms with E-state index in [1.54, 1.807) is 19.9 Å². The van der Waals surface area contributed by atoms with Gasteiger partial charge in [-0.05, 0) is 39.3 Å². The summed E-state index contributed by atoms with van der Waals surface area (Å²) >= 11 is 0. The van der Waals surface area contributed by atoms with E-state index >= 15 is 0 Å². The normalized spacial score (nSPS) is 10.3. The van der Waals surface area contributed by atoms with Crippen molar-refractivity contribution in [2.24, 2.45) is 0 Å². The average Bonchev–Trinajstić information content (AvgIpc) is 2.28. The van der Waals surface area contributed by atoms with Gasteiger partial charge in [-0.3, -0.25) is 0 Å². The third-order valence-corrected chi connectivity index (χ3v) is 2.30. The third-order valence-electron chi connectivity index (χ3n) is 2.30. The summed E-state index contributed by atoms with van der Waals surface area (Å²) in [4.78, 5) is 23.0. The van der Waals surface area contributed by atoms with Crippen molar-refractivity contribution in [3.8, 4) is 0 Å². The minimum Gasteiger partial charge on any atom is -0.460 e. The Morgan fingerprint density at radius 1 is 1.22 bits per heavy atom. The van der Waals surface area contributed by atoms with E-state index in [2.05, 4.69) is 0 Å². The van der Waals surface area contributed by atoms with Crippen LogP contribution >= 0.6 is 0 Å². The van der Waals surface area contributed by atoms with Crippen molar-refractivity contribution in [2.75, 3.05) is 6.61 Å². The Labute approximate surface area is 107 Å². The van der Waals surface area contributed by atoms with Crippen LogP contribution in [0.2, 0.25) is 0 Å². The highest BCUT2D eigenvalue weighted by atomic mass is 16.6. The molecule has 0 aliphatic carbocycles. The van der Waals surface area contributed by atoms with Gasteiger partial charge < -0.3 is 9.47 Å². The van der Waals surface area contributed by atoms with Crippen LogP contribution in [0.1, 0.15) is 35.3 Å². The Bertz CT molecular complexity index is 449. The van der Waals surface area contributed by atoms with E-state index in [9.17, 15) is 9.59 Å². The molecule has 0 spiro atoms. The predicted octanol–water partition coefficient (Wildman–Crippen LogP) is 2.41. The van der Waals surface area contributed by atoms with Gasteiger partial charge in [0.15, 0.2) is 6.61 Å². The smallest absolute Gasteiger partial charge is 0.344 e. The van der Waals surface area contributed by atoms with Crippen LogP contribution in [-0.4, -0.2) is 24.6 Å². The van der Waals surface area contributed by atoms with E-state index < -0.39 is 11.9 Å². The number of benzene rings is 1. The average molecular weight is 250 g/mol. The third kappa shape index (κ3) is 4.20. The zero-order chi connectivity index (χ0) is 13.7. The summed E-state index contributed by atoms with van der Waals surface area (Å²) in [6, 6.07) is 5.50. The van der Waals surface area contributed by atoms with Gasteiger partial charge in [0.05, 0.1) is 11.7 Å². The van der Waals surface area contributed by atoms with Gasteiger partial charge >= 0.3 is 11.9 Å². The maximum Gasteiger partial charge on any atom is 0.344 e. The van der Waals surface area contributed by atoms with Crippen LogP contribution in [0.4, 0.5) is 0 Å². The molecule has 0 fully saturated rings. The standard InChI is InChI=1S/C14H18O4/c1-9(2)18-13(15)8-17-14(16)12-7-10(3)5-6-11(12)4/h5-7,9H,8H2,1-4H3. The first kappa shape index (κ1) is 14.2. The second-order valence-corrected chi connectivity index (χ2v) is 4.43. The summed E-state index contributed by atoms with van der Waals surface area (Å²) in [5.74, 6) is -1.04. The van der Waals surface area contributed by atoms with Gasteiger partial charge in [0, 0.05) is 0 Å². The highest BCUT2D eigenvalue weighted by Crippen LogP contribution is 2.12. The Morgan fingerprint density at radius 3 is 2.50 bits per heavy atom. The number of hydrogen-bond donors (Lipinski definition) is 0. The Morgan fingerprint density at radius 2 is 1.89 bits per heavy atom. The van der Waals surface area contributed by atoms with Gasteiger partial charge in [-0.25, -0.2) is 9.59 Å². The Balaban J connectivity index is 2.60. The molecule has 4 heteroatoms. The molecule has 1 rings (SSSR count). The maximum absolute atomic E-state index is 11.8. The fourth-order valence-corrected chi connectivity index (χ4v) is 1.45. The molecule has 1 aromatic carbocycles. The molecule has 0 N–H and O–H groups in total.